The molecule has 1 aliphatic carbocycles. The molecular weight excluding hydrogens is 1710 g/mol. The molecule has 23 atom stereocenters. The molecule has 1 saturated carbocycles. The number of aliphatic hydroxyl groups excluding tert-OH is 5. The van der Waals surface area contributed by atoms with Gasteiger partial charge in [-0.15, -0.1) is 0 Å². The van der Waals surface area contributed by atoms with Crippen LogP contribution in [0.25, 0.3) is 0 Å². The van der Waals surface area contributed by atoms with Gasteiger partial charge in [-0.2, -0.15) is 0 Å². The number of unbranched alkanes of at least 4 members (excludes halogenated alkanes) is 2. The van der Waals surface area contributed by atoms with Gasteiger partial charge in [-0.25, -0.2) is 28.8 Å². The molecule has 0 spiro atoms. The zero-order valence-corrected chi connectivity index (χ0v) is 72.9. The Bertz CT molecular complexity index is 4910. The largest absolute Gasteiger partial charge is 0.445 e. The van der Waals surface area contributed by atoms with Crippen LogP contribution in [0.5, 0.6) is 0 Å². The molecule has 35 heteroatoms. The van der Waals surface area contributed by atoms with Crippen LogP contribution in [0.3, 0.4) is 0 Å². The van der Waals surface area contributed by atoms with Gasteiger partial charge in [0.05, 0.1) is 38.3 Å². The van der Waals surface area contributed by atoms with Crippen LogP contribution >= 0.6 is 0 Å². The topological polar surface area (TPSA) is 435 Å². The van der Waals surface area contributed by atoms with Gasteiger partial charge in [0.15, 0.2) is 37.4 Å². The van der Waals surface area contributed by atoms with Gasteiger partial charge < -0.3 is 128 Å². The van der Waals surface area contributed by atoms with Gasteiger partial charge >= 0.3 is 36.6 Å². The van der Waals surface area contributed by atoms with E-state index in [2.05, 4.69) is 26.6 Å². The highest BCUT2D eigenvalue weighted by molar-refractivity contribution is 5.82. The van der Waals surface area contributed by atoms with Crippen LogP contribution in [0.1, 0.15) is 103 Å². The molecule has 704 valence electrons. The number of alkyl carbamates (subject to hydrolysis) is 4. The fraction of sp³-hybridized carbons (Fsp3) is 0.433. The second kappa shape index (κ2) is 48.1. The van der Waals surface area contributed by atoms with Gasteiger partial charge in [-0.3, -0.25) is 14.6 Å². The number of carbonyl (C=O) groups is 7. The second-order valence-electron chi connectivity index (χ2n) is 32.7. The third-order valence-electron chi connectivity index (χ3n) is 23.3. The average molecular weight is 1820 g/mol. The molecule has 0 bridgehead atoms. The zero-order chi connectivity index (χ0) is 92.2. The summed E-state index contributed by atoms with van der Waals surface area (Å²) in [6.07, 6.45) is -36.5. The summed E-state index contributed by atoms with van der Waals surface area (Å²) in [7, 11) is 0. The molecule has 6 aliphatic rings. The van der Waals surface area contributed by atoms with Gasteiger partial charge in [0.25, 0.3) is 5.91 Å². The van der Waals surface area contributed by atoms with Crippen LogP contribution in [0.15, 0.2) is 243 Å². The molecule has 10 N–H and O–H groups in total. The first kappa shape index (κ1) is 96.3. The molecule has 6 fully saturated rings. The first-order valence-corrected chi connectivity index (χ1v) is 44.4. The van der Waals surface area contributed by atoms with Gasteiger partial charge in [0.2, 0.25) is 0 Å². The Morgan fingerprint density at radius 1 is 0.386 bits per heavy atom. The third kappa shape index (κ3) is 25.8. The standard InChI is InChI=1S/C97H113N7O28/c1-3-5-47-117-70(50-98-92(111)119-54-60-31-15-7-16-32-60)84(118-48-6-4-2)86(110)99-68-49-69(100-93(112)120-55-61-33-17-8-18-34-61)80(130-89-74(101-94(113)121-56-62-35-19-9-20-36-62)77(107)81-71(125-89)51-103(87(128-81)66-43-27-13-28-44-66)96(115)123-58-64-39-23-11-24-40-64)85(76(68)106)132-91-79(109)83(73(53-105)127-91)131-90-75(102-95(114)122-57-63-37-21-10-22-38-63)78(108)82-72(126-90)52-104(88(129-82)67-45-29-14-30-46-67)97(116)124-59-65-41-25-12-26-42-65/h7-46,68-85,87-91,105-109H,3-6,47-59H2,1-2H3,(H,98,111)(H,99,110)(H,100,112)(H,101,113)(H,102,114)/t68-,69+,70+,71-,72+,73-,74-,75-,76+,77+,78-,79-,80-,81-,82-,83-,84+,85-,87?,88?,89-,90-,91+/m1/s1. The lowest BCUT2D eigenvalue weighted by Gasteiger charge is -2.52. The average Bonchev–Trinajstić information content (AvgIpc) is 1.06. The fourth-order valence-corrected chi connectivity index (χ4v) is 16.4. The number of hydrogen-bond donors (Lipinski definition) is 10. The molecule has 132 heavy (non-hydrogen) atoms. The molecule has 7 amide bonds. The molecule has 2 unspecified atom stereocenters. The van der Waals surface area contributed by atoms with E-state index >= 15 is 4.79 Å². The summed E-state index contributed by atoms with van der Waals surface area (Å²) in [5.74, 6) is -0.915. The molecule has 5 aliphatic heterocycles. The van der Waals surface area contributed by atoms with Crippen molar-refractivity contribution in [2.75, 3.05) is 39.5 Å². The number of ether oxygens (including phenoxy) is 16. The minimum Gasteiger partial charge on any atom is -0.445 e. The summed E-state index contributed by atoms with van der Waals surface area (Å²) < 4.78 is 102. The maximum absolute atomic E-state index is 15.8. The third-order valence-corrected chi connectivity index (χ3v) is 23.3. The van der Waals surface area contributed by atoms with Crippen LogP contribution in [0.4, 0.5) is 28.8 Å². The number of fused-ring (bicyclic) bond motifs is 2. The summed E-state index contributed by atoms with van der Waals surface area (Å²) in [6.45, 7) is 0.563. The minimum absolute atomic E-state index is 0.0140. The summed E-state index contributed by atoms with van der Waals surface area (Å²) in [5, 5.41) is 78.4. The molecule has 5 saturated heterocycles. The second-order valence-corrected chi connectivity index (χ2v) is 32.7. The molecule has 35 nitrogen and oxygen atoms in total. The van der Waals surface area contributed by atoms with Crippen LogP contribution in [0, 0.1) is 0 Å². The lowest BCUT2D eigenvalue weighted by Crippen LogP contribution is -2.72. The van der Waals surface area contributed by atoms with E-state index in [1.54, 1.807) is 231 Å². The maximum atomic E-state index is 15.8. The summed E-state index contributed by atoms with van der Waals surface area (Å²) in [6, 6.07) is 63.3. The molecule has 8 aromatic carbocycles. The SMILES string of the molecule is CCCCO[C@@H](CNC(=O)OCc1ccccc1)[C@H](OCCCC)C(=O)N[C@@H]1C[C@H](NC(=O)OCc2ccccc2)[C@@H](O[C@H]2O[C@@H]3CN(C(=O)OCc4ccccc4)C(c4ccccc4)O[C@H]3[C@@H](O)[C@H]2NC(=O)OCc2ccccc2)[C@H](O[C@@H]2O[C@H](CO)[C@@H](O[C@H]3O[C@H]4CN(C(=O)OCc5ccccc5)C(c5ccccc5)O[C@H]4[C@H](O)[C@H]3NC(=O)OCc3ccccc3)[C@H]2O)[C@H]1O. The predicted molar refractivity (Wildman–Crippen MR) is 468 cm³/mol. The molecule has 0 aromatic heterocycles. The van der Waals surface area contributed by atoms with Crippen molar-refractivity contribution >= 4 is 42.5 Å². The van der Waals surface area contributed by atoms with Crippen molar-refractivity contribution in [2.24, 2.45) is 0 Å². The molecule has 14 rings (SSSR count). The molecular formula is C97H113N7O28. The number of carbonyl (C=O) groups excluding carboxylic acids is 7. The highest BCUT2D eigenvalue weighted by Gasteiger charge is 2.60. The van der Waals surface area contributed by atoms with Crippen LogP contribution in [0.2, 0.25) is 0 Å². The van der Waals surface area contributed by atoms with E-state index in [1.807, 2.05) is 26.0 Å². The highest BCUT2D eigenvalue weighted by Crippen LogP contribution is 2.43. The number of rotatable bonds is 37. The van der Waals surface area contributed by atoms with Crippen molar-refractivity contribution in [3.8, 4) is 0 Å². The van der Waals surface area contributed by atoms with Crippen molar-refractivity contribution in [1.29, 1.82) is 0 Å². The number of hydrogen-bond acceptors (Lipinski definition) is 28. The number of nitrogens with zero attached hydrogens (tertiary/aromatic N) is 2. The van der Waals surface area contributed by atoms with Crippen LogP contribution in [-0.4, -0.2) is 246 Å². The smallest absolute Gasteiger partial charge is 0.412 e. The van der Waals surface area contributed by atoms with E-state index in [-0.39, 0.29) is 65.9 Å². The number of aliphatic hydroxyl groups is 5. The number of benzene rings is 8. The lowest BCUT2D eigenvalue weighted by atomic mass is 9.83. The molecule has 0 radical (unpaired) electrons. The van der Waals surface area contributed by atoms with Crippen molar-refractivity contribution in [2.45, 2.75) is 227 Å². The van der Waals surface area contributed by atoms with E-state index in [9.17, 15) is 54.3 Å². The highest BCUT2D eigenvalue weighted by atomic mass is 16.8. The van der Waals surface area contributed by atoms with Crippen molar-refractivity contribution in [1.82, 2.24) is 36.4 Å². The Labute approximate surface area is 763 Å². The van der Waals surface area contributed by atoms with E-state index < -0.39 is 203 Å². The zero-order valence-electron chi connectivity index (χ0n) is 72.9. The first-order chi connectivity index (χ1) is 64.4. The number of amides is 7. The van der Waals surface area contributed by atoms with Crippen LogP contribution in [-0.2, 0) is 120 Å². The van der Waals surface area contributed by atoms with Gasteiger partial charge in [-0.05, 0) is 52.6 Å². The Morgan fingerprint density at radius 2 is 0.750 bits per heavy atom. The Kier molecular flexibility index (Phi) is 35.1. The summed E-state index contributed by atoms with van der Waals surface area (Å²) >= 11 is 0. The maximum Gasteiger partial charge on any atom is 0.412 e. The van der Waals surface area contributed by atoms with E-state index in [4.69, 9.17) is 75.8 Å². The van der Waals surface area contributed by atoms with Crippen LogP contribution < -0.4 is 26.6 Å². The van der Waals surface area contributed by atoms with Crippen molar-refractivity contribution in [3.63, 3.8) is 0 Å². The predicted octanol–water partition coefficient (Wildman–Crippen LogP) is 9.30. The van der Waals surface area contributed by atoms with Crippen molar-refractivity contribution in [3.05, 3.63) is 287 Å². The lowest BCUT2D eigenvalue weighted by molar-refractivity contribution is -0.335. The van der Waals surface area contributed by atoms with E-state index in [0.717, 1.165) is 0 Å². The fourth-order valence-electron chi connectivity index (χ4n) is 16.4. The van der Waals surface area contributed by atoms with Gasteiger partial charge in [0, 0.05) is 24.3 Å². The summed E-state index contributed by atoms with van der Waals surface area (Å²) in [5.41, 5.74) is 4.66. The Morgan fingerprint density at radius 3 is 1.15 bits per heavy atom. The van der Waals surface area contributed by atoms with Gasteiger partial charge in [0.1, 0.15) is 131 Å². The molecule has 5 heterocycles. The van der Waals surface area contributed by atoms with Gasteiger partial charge in [-0.1, -0.05) is 269 Å². The normalized spacial score (nSPS) is 27.1. The first-order valence-electron chi connectivity index (χ1n) is 44.4. The Balaban J connectivity index is 0.829. The quantitative estimate of drug-likeness (QED) is 0.0128. The monoisotopic (exact) mass is 1820 g/mol. The number of nitrogens with one attached hydrogen (secondary N) is 5. The minimum atomic E-state index is -2.15. The van der Waals surface area contributed by atoms with Crippen molar-refractivity contribution < 1.29 is 135 Å². The van der Waals surface area contributed by atoms with E-state index in [1.165, 1.54) is 9.80 Å². The molecule has 8 aromatic rings. The van der Waals surface area contributed by atoms with E-state index in [0.29, 0.717) is 70.2 Å². The summed E-state index contributed by atoms with van der Waals surface area (Å²) in [4.78, 5) is 105. The Hall–Kier alpha value is -11.8.